The fraction of sp³-hybridized carbons (Fsp3) is 0.250. The van der Waals surface area contributed by atoms with Crippen LogP contribution in [0.1, 0.15) is 18.4 Å². The minimum absolute atomic E-state index is 0.139. The summed E-state index contributed by atoms with van der Waals surface area (Å²) in [5.41, 5.74) is 3.14. The monoisotopic (exact) mass is 480 g/mol. The molecule has 2 heterocycles. The van der Waals surface area contributed by atoms with Crippen LogP contribution >= 0.6 is 0 Å². The van der Waals surface area contributed by atoms with Gasteiger partial charge in [0.25, 0.3) is 0 Å². The Morgan fingerprint density at radius 3 is 2.53 bits per heavy atom. The molecule has 1 fully saturated rings. The van der Waals surface area contributed by atoms with Gasteiger partial charge in [0.05, 0.1) is 17.4 Å². The first-order chi connectivity index (χ1) is 17.5. The molecule has 2 aromatic carbocycles. The van der Waals surface area contributed by atoms with E-state index < -0.39 is 0 Å². The van der Waals surface area contributed by atoms with Gasteiger partial charge in [-0.05, 0) is 68.7 Å². The third-order valence-electron chi connectivity index (χ3n) is 6.48. The van der Waals surface area contributed by atoms with Crippen molar-refractivity contribution in [1.29, 1.82) is 0 Å². The standard InChI is InChI=1S/C28H28N6O2/c1-5-19-6-11-25-20(14-19)15-22(18-30-25)31-26-12-13-29-27(33-26)32-21-7-9-23(10-8-21)36-24-16-28(17-24,35-4)34(2)3/h1,6-15,18,24H,16-17H2,2-4H3,(H2,29,31,32,33). The van der Waals surface area contributed by atoms with Gasteiger partial charge in [0.1, 0.15) is 23.4 Å². The van der Waals surface area contributed by atoms with E-state index in [0.29, 0.717) is 11.8 Å². The molecule has 0 aliphatic heterocycles. The molecule has 8 heteroatoms. The van der Waals surface area contributed by atoms with Crippen LogP contribution in [0.2, 0.25) is 0 Å². The van der Waals surface area contributed by atoms with Gasteiger partial charge in [0, 0.05) is 42.8 Å². The van der Waals surface area contributed by atoms with E-state index in [1.54, 1.807) is 25.6 Å². The Hall–Kier alpha value is -4.19. The number of aromatic nitrogens is 3. The minimum Gasteiger partial charge on any atom is -0.490 e. The van der Waals surface area contributed by atoms with Crippen LogP contribution in [0.5, 0.6) is 5.75 Å². The highest BCUT2D eigenvalue weighted by Gasteiger charge is 2.48. The van der Waals surface area contributed by atoms with Gasteiger partial charge in [-0.1, -0.05) is 5.92 Å². The minimum atomic E-state index is -0.226. The molecular weight excluding hydrogens is 452 g/mol. The number of fused-ring (bicyclic) bond motifs is 1. The van der Waals surface area contributed by atoms with Crippen molar-refractivity contribution in [2.75, 3.05) is 31.8 Å². The molecule has 1 aliphatic carbocycles. The van der Waals surface area contributed by atoms with Gasteiger partial charge in [-0.2, -0.15) is 4.98 Å². The predicted octanol–water partition coefficient (Wildman–Crippen LogP) is 4.94. The lowest BCUT2D eigenvalue weighted by molar-refractivity contribution is -0.204. The first kappa shape index (κ1) is 23.5. The SMILES string of the molecule is C#Cc1ccc2ncc(Nc3ccnc(Nc4ccc(OC5CC(OC)(N(C)C)C5)cc4)n3)cc2c1. The van der Waals surface area contributed by atoms with Gasteiger partial charge in [0.2, 0.25) is 5.95 Å². The summed E-state index contributed by atoms with van der Waals surface area (Å²) in [6, 6.07) is 17.3. The van der Waals surface area contributed by atoms with Gasteiger partial charge in [-0.25, -0.2) is 4.98 Å². The normalized spacial score (nSPS) is 18.9. The highest BCUT2D eigenvalue weighted by atomic mass is 16.5. The third-order valence-corrected chi connectivity index (χ3v) is 6.48. The van der Waals surface area contributed by atoms with Crippen LogP contribution in [0.25, 0.3) is 10.9 Å². The number of methoxy groups -OCH3 is 1. The smallest absolute Gasteiger partial charge is 0.229 e. The van der Waals surface area contributed by atoms with Crippen molar-refractivity contribution in [3.8, 4) is 18.1 Å². The zero-order chi connectivity index (χ0) is 25.1. The number of rotatable bonds is 8. The van der Waals surface area contributed by atoms with E-state index in [9.17, 15) is 0 Å². The van der Waals surface area contributed by atoms with Crippen LogP contribution in [0, 0.1) is 12.3 Å². The molecule has 1 aliphatic rings. The number of terminal acetylenes is 1. The topological polar surface area (TPSA) is 84.4 Å². The second-order valence-corrected chi connectivity index (χ2v) is 9.01. The van der Waals surface area contributed by atoms with E-state index in [-0.39, 0.29) is 11.8 Å². The summed E-state index contributed by atoms with van der Waals surface area (Å²) in [6.07, 6.45) is 10.8. The molecule has 0 radical (unpaired) electrons. The largest absolute Gasteiger partial charge is 0.490 e. The van der Waals surface area contributed by atoms with Crippen LogP contribution in [-0.2, 0) is 4.74 Å². The molecular formula is C28H28N6O2. The first-order valence-corrected chi connectivity index (χ1v) is 11.7. The molecule has 8 nitrogen and oxygen atoms in total. The lowest BCUT2D eigenvalue weighted by atomic mass is 9.83. The summed E-state index contributed by atoms with van der Waals surface area (Å²) in [6.45, 7) is 0. The summed E-state index contributed by atoms with van der Waals surface area (Å²) in [5, 5.41) is 7.48. The van der Waals surface area contributed by atoms with Gasteiger partial charge >= 0.3 is 0 Å². The summed E-state index contributed by atoms with van der Waals surface area (Å²) in [4.78, 5) is 15.5. The Bertz CT molecular complexity index is 1410. The van der Waals surface area contributed by atoms with E-state index >= 15 is 0 Å². The van der Waals surface area contributed by atoms with Crippen LogP contribution in [0.4, 0.5) is 23.1 Å². The highest BCUT2D eigenvalue weighted by molar-refractivity contribution is 5.83. The van der Waals surface area contributed by atoms with Crippen molar-refractivity contribution in [2.45, 2.75) is 24.7 Å². The lowest BCUT2D eigenvalue weighted by Gasteiger charge is -2.50. The number of anilines is 4. The first-order valence-electron chi connectivity index (χ1n) is 11.7. The molecule has 0 unspecified atom stereocenters. The molecule has 0 saturated heterocycles. The fourth-order valence-electron chi connectivity index (χ4n) is 4.31. The number of ether oxygens (including phenoxy) is 2. The van der Waals surface area contributed by atoms with E-state index in [0.717, 1.165) is 46.4 Å². The van der Waals surface area contributed by atoms with E-state index in [1.165, 1.54) is 0 Å². The molecule has 0 bridgehead atoms. The zero-order valence-corrected chi connectivity index (χ0v) is 20.5. The molecule has 1 saturated carbocycles. The van der Waals surface area contributed by atoms with Crippen LogP contribution < -0.4 is 15.4 Å². The third kappa shape index (κ3) is 4.93. The van der Waals surface area contributed by atoms with Crippen LogP contribution in [0.3, 0.4) is 0 Å². The van der Waals surface area contributed by atoms with Gasteiger partial charge in [0.15, 0.2) is 0 Å². The van der Waals surface area contributed by atoms with E-state index in [2.05, 4.69) is 36.4 Å². The second kappa shape index (κ2) is 9.82. The summed E-state index contributed by atoms with van der Waals surface area (Å²) < 4.78 is 11.8. The Balaban J connectivity index is 1.21. The number of nitrogens with zero attached hydrogens (tertiary/aromatic N) is 4. The van der Waals surface area contributed by atoms with Crippen LogP contribution in [0.15, 0.2) is 67.0 Å². The Kier molecular flexibility index (Phi) is 6.42. The Labute approximate surface area is 210 Å². The summed E-state index contributed by atoms with van der Waals surface area (Å²) in [7, 11) is 5.81. The van der Waals surface area contributed by atoms with Crippen molar-refractivity contribution in [1.82, 2.24) is 19.9 Å². The number of hydrogen-bond donors (Lipinski definition) is 2. The highest BCUT2D eigenvalue weighted by Crippen LogP contribution is 2.39. The molecule has 2 N–H and O–H groups in total. The van der Waals surface area contributed by atoms with E-state index in [4.69, 9.17) is 15.9 Å². The molecule has 2 aromatic heterocycles. The van der Waals surface area contributed by atoms with Gasteiger partial charge < -0.3 is 20.1 Å². The maximum absolute atomic E-state index is 6.10. The number of pyridine rings is 1. The van der Waals surface area contributed by atoms with E-state index in [1.807, 2.05) is 62.6 Å². The van der Waals surface area contributed by atoms with Gasteiger partial charge in [-0.3, -0.25) is 9.88 Å². The zero-order valence-electron chi connectivity index (χ0n) is 20.5. The molecule has 182 valence electrons. The average molecular weight is 481 g/mol. The van der Waals surface area contributed by atoms with Crippen molar-refractivity contribution < 1.29 is 9.47 Å². The van der Waals surface area contributed by atoms with Crippen molar-refractivity contribution in [3.63, 3.8) is 0 Å². The lowest BCUT2D eigenvalue weighted by Crippen LogP contribution is -2.59. The van der Waals surface area contributed by atoms with Crippen LogP contribution in [-0.4, -0.2) is 52.9 Å². The quantitative estimate of drug-likeness (QED) is 0.271. The maximum Gasteiger partial charge on any atom is 0.229 e. The average Bonchev–Trinajstić information content (AvgIpc) is 2.86. The number of hydrogen-bond acceptors (Lipinski definition) is 8. The molecule has 4 aromatic rings. The summed E-state index contributed by atoms with van der Waals surface area (Å²) >= 11 is 0. The second-order valence-electron chi connectivity index (χ2n) is 9.01. The fourth-order valence-corrected chi connectivity index (χ4v) is 4.31. The number of benzene rings is 2. The predicted molar refractivity (Wildman–Crippen MR) is 142 cm³/mol. The molecule has 5 rings (SSSR count). The molecule has 36 heavy (non-hydrogen) atoms. The molecule has 0 amide bonds. The van der Waals surface area contributed by atoms with Gasteiger partial charge in [-0.15, -0.1) is 6.42 Å². The van der Waals surface area contributed by atoms with Crippen molar-refractivity contribution in [3.05, 3.63) is 72.6 Å². The van der Waals surface area contributed by atoms with Crippen molar-refractivity contribution in [2.24, 2.45) is 0 Å². The maximum atomic E-state index is 6.10. The Morgan fingerprint density at radius 1 is 1.00 bits per heavy atom. The molecule has 0 spiro atoms. The van der Waals surface area contributed by atoms with Crippen molar-refractivity contribution >= 4 is 34.0 Å². The summed E-state index contributed by atoms with van der Waals surface area (Å²) in [5.74, 6) is 4.60. The molecule has 0 atom stereocenters. The number of nitrogens with one attached hydrogen (secondary N) is 2. The Morgan fingerprint density at radius 2 is 1.81 bits per heavy atom.